The summed E-state index contributed by atoms with van der Waals surface area (Å²) in [7, 11) is 0. The lowest BCUT2D eigenvalue weighted by molar-refractivity contribution is -0.148. The Balaban J connectivity index is 2.11. The highest BCUT2D eigenvalue weighted by atomic mass is 16.4. The van der Waals surface area contributed by atoms with Crippen molar-refractivity contribution in [1.29, 1.82) is 0 Å². The number of carbonyl (C=O) groups is 2. The van der Waals surface area contributed by atoms with Gasteiger partial charge in [-0.15, -0.1) is 0 Å². The minimum absolute atomic E-state index is 0.0160. The van der Waals surface area contributed by atoms with Gasteiger partial charge in [0.1, 0.15) is 0 Å². The molecule has 0 aromatic rings. The maximum atomic E-state index is 12.0. The molecule has 94 valence electrons. The van der Waals surface area contributed by atoms with Crippen LogP contribution in [0.4, 0.5) is 0 Å². The highest BCUT2D eigenvalue weighted by molar-refractivity contribution is 5.87. The second-order valence-corrected chi connectivity index (χ2v) is 4.93. The summed E-state index contributed by atoms with van der Waals surface area (Å²) in [6.45, 7) is 1.55. The number of fused-ring (bicyclic) bond motifs is 2. The minimum atomic E-state index is -0.904. The molecule has 0 aromatic heterocycles. The molecule has 2 aliphatic carbocycles. The molecule has 0 radical (unpaired) electrons. The topological polar surface area (TPSA) is 86.6 Å². The van der Waals surface area contributed by atoms with E-state index in [0.29, 0.717) is 0 Å². The Hall–Kier alpha value is -1.36. The lowest BCUT2D eigenvalue weighted by Gasteiger charge is -2.25. The first kappa shape index (κ1) is 12.1. The average Bonchev–Trinajstić information content (AvgIpc) is 2.87. The number of rotatable bonds is 4. The zero-order chi connectivity index (χ0) is 12.6. The number of allylic oxidation sites excluding steroid dienone is 2. The van der Waals surface area contributed by atoms with Gasteiger partial charge in [-0.1, -0.05) is 12.2 Å². The Kier molecular flexibility index (Phi) is 3.19. The minimum Gasteiger partial charge on any atom is -0.481 e. The van der Waals surface area contributed by atoms with Crippen LogP contribution in [-0.2, 0) is 9.59 Å². The van der Waals surface area contributed by atoms with Gasteiger partial charge in [0, 0.05) is 6.04 Å². The van der Waals surface area contributed by atoms with E-state index in [-0.39, 0.29) is 30.4 Å². The standard InChI is InChI=1S/C12H17NO4/c1-6(5-14)13-11(15)9-7-2-3-8(4-7)10(9)12(16)17/h2-3,6-10,14H,4-5H2,1H3,(H,13,15)(H,16,17). The number of aliphatic hydroxyl groups excluding tert-OH is 1. The Bertz CT molecular complexity index is 366. The largest absolute Gasteiger partial charge is 0.481 e. The quantitative estimate of drug-likeness (QED) is 0.603. The lowest BCUT2D eigenvalue weighted by atomic mass is 9.82. The van der Waals surface area contributed by atoms with Crippen LogP contribution in [0.3, 0.4) is 0 Å². The van der Waals surface area contributed by atoms with Crippen molar-refractivity contribution in [2.45, 2.75) is 19.4 Å². The van der Waals surface area contributed by atoms with Gasteiger partial charge in [-0.25, -0.2) is 0 Å². The lowest BCUT2D eigenvalue weighted by Crippen LogP contribution is -2.44. The van der Waals surface area contributed by atoms with Crippen LogP contribution >= 0.6 is 0 Å². The predicted molar refractivity (Wildman–Crippen MR) is 60.0 cm³/mol. The molecule has 5 unspecified atom stereocenters. The maximum absolute atomic E-state index is 12.0. The van der Waals surface area contributed by atoms with E-state index in [0.717, 1.165) is 6.42 Å². The number of hydrogen-bond donors (Lipinski definition) is 3. The molecule has 2 bridgehead atoms. The van der Waals surface area contributed by atoms with Crippen molar-refractivity contribution in [3.63, 3.8) is 0 Å². The molecule has 0 aliphatic heterocycles. The van der Waals surface area contributed by atoms with Gasteiger partial charge in [-0.2, -0.15) is 0 Å². The molecule has 2 aliphatic rings. The van der Waals surface area contributed by atoms with Gasteiger partial charge >= 0.3 is 5.97 Å². The zero-order valence-electron chi connectivity index (χ0n) is 9.67. The van der Waals surface area contributed by atoms with Crippen LogP contribution in [0.2, 0.25) is 0 Å². The van der Waals surface area contributed by atoms with Gasteiger partial charge in [-0.3, -0.25) is 9.59 Å². The SMILES string of the molecule is CC(CO)NC(=O)C1C2C=CC(C2)C1C(=O)O. The molecule has 1 fully saturated rings. The summed E-state index contributed by atoms with van der Waals surface area (Å²) in [5.41, 5.74) is 0. The summed E-state index contributed by atoms with van der Waals surface area (Å²) in [5, 5.41) is 20.7. The molecule has 5 atom stereocenters. The number of nitrogens with one attached hydrogen (secondary N) is 1. The van der Waals surface area contributed by atoms with E-state index in [4.69, 9.17) is 5.11 Å². The third-order valence-corrected chi connectivity index (χ3v) is 3.71. The van der Waals surface area contributed by atoms with Crippen LogP contribution in [0.25, 0.3) is 0 Å². The smallest absolute Gasteiger partial charge is 0.307 e. The van der Waals surface area contributed by atoms with Crippen molar-refractivity contribution in [2.75, 3.05) is 6.61 Å². The third kappa shape index (κ3) is 2.07. The van der Waals surface area contributed by atoms with E-state index in [9.17, 15) is 14.7 Å². The van der Waals surface area contributed by atoms with Gasteiger partial charge in [0.2, 0.25) is 5.91 Å². The first-order valence-corrected chi connectivity index (χ1v) is 5.87. The molecule has 0 saturated heterocycles. The van der Waals surface area contributed by atoms with E-state index in [1.165, 1.54) is 0 Å². The van der Waals surface area contributed by atoms with Gasteiger partial charge in [0.15, 0.2) is 0 Å². The number of carboxylic acids is 1. The van der Waals surface area contributed by atoms with Crippen molar-refractivity contribution < 1.29 is 19.8 Å². The number of aliphatic hydroxyl groups is 1. The molecular formula is C12H17NO4. The Morgan fingerprint density at radius 2 is 1.94 bits per heavy atom. The number of aliphatic carboxylic acids is 1. The molecule has 0 spiro atoms. The van der Waals surface area contributed by atoms with E-state index < -0.39 is 17.8 Å². The van der Waals surface area contributed by atoms with E-state index in [1.54, 1.807) is 6.92 Å². The van der Waals surface area contributed by atoms with Gasteiger partial charge in [0.25, 0.3) is 0 Å². The molecule has 5 heteroatoms. The van der Waals surface area contributed by atoms with E-state index in [2.05, 4.69) is 5.32 Å². The second-order valence-electron chi connectivity index (χ2n) is 4.93. The van der Waals surface area contributed by atoms with Crippen molar-refractivity contribution in [2.24, 2.45) is 23.7 Å². The van der Waals surface area contributed by atoms with Crippen LogP contribution in [0.15, 0.2) is 12.2 Å². The zero-order valence-corrected chi connectivity index (χ0v) is 9.67. The van der Waals surface area contributed by atoms with Crippen LogP contribution in [0.1, 0.15) is 13.3 Å². The van der Waals surface area contributed by atoms with Crippen LogP contribution in [-0.4, -0.2) is 34.7 Å². The summed E-state index contributed by atoms with van der Waals surface area (Å²) in [5.74, 6) is -2.24. The summed E-state index contributed by atoms with van der Waals surface area (Å²) < 4.78 is 0. The van der Waals surface area contributed by atoms with E-state index in [1.807, 2.05) is 12.2 Å². The van der Waals surface area contributed by atoms with Crippen LogP contribution in [0, 0.1) is 23.7 Å². The van der Waals surface area contributed by atoms with Gasteiger partial charge in [-0.05, 0) is 25.2 Å². The highest BCUT2D eigenvalue weighted by Gasteiger charge is 2.51. The van der Waals surface area contributed by atoms with Gasteiger partial charge < -0.3 is 15.5 Å². The number of amides is 1. The number of hydrogen-bond acceptors (Lipinski definition) is 3. The fourth-order valence-electron chi connectivity index (χ4n) is 2.90. The Morgan fingerprint density at radius 3 is 2.47 bits per heavy atom. The van der Waals surface area contributed by atoms with Crippen molar-refractivity contribution >= 4 is 11.9 Å². The molecule has 1 amide bonds. The predicted octanol–water partition coefficient (Wildman–Crippen LogP) is 0.00630. The molecule has 3 N–H and O–H groups in total. The van der Waals surface area contributed by atoms with Crippen LogP contribution in [0.5, 0.6) is 0 Å². The number of carboxylic acid groups (broad SMARTS) is 1. The first-order chi connectivity index (χ1) is 8.04. The van der Waals surface area contributed by atoms with E-state index >= 15 is 0 Å². The molecule has 2 rings (SSSR count). The second kappa shape index (κ2) is 4.49. The number of carbonyl (C=O) groups excluding carboxylic acids is 1. The molecule has 17 heavy (non-hydrogen) atoms. The summed E-state index contributed by atoms with van der Waals surface area (Å²) in [4.78, 5) is 23.2. The Morgan fingerprint density at radius 1 is 1.35 bits per heavy atom. The van der Waals surface area contributed by atoms with Crippen molar-refractivity contribution in [1.82, 2.24) is 5.32 Å². The normalized spacial score (nSPS) is 35.9. The molecular weight excluding hydrogens is 222 g/mol. The fourth-order valence-corrected chi connectivity index (χ4v) is 2.90. The first-order valence-electron chi connectivity index (χ1n) is 5.87. The molecule has 0 heterocycles. The monoisotopic (exact) mass is 239 g/mol. The summed E-state index contributed by atoms with van der Waals surface area (Å²) >= 11 is 0. The van der Waals surface area contributed by atoms with Crippen molar-refractivity contribution in [3.05, 3.63) is 12.2 Å². The molecule has 1 saturated carbocycles. The highest BCUT2D eigenvalue weighted by Crippen LogP contribution is 2.48. The summed E-state index contributed by atoms with van der Waals surface area (Å²) in [6.07, 6.45) is 4.60. The third-order valence-electron chi connectivity index (χ3n) is 3.71. The fraction of sp³-hybridized carbons (Fsp3) is 0.667. The maximum Gasteiger partial charge on any atom is 0.307 e. The van der Waals surface area contributed by atoms with Crippen LogP contribution < -0.4 is 5.32 Å². The summed E-state index contributed by atoms with van der Waals surface area (Å²) in [6, 6.07) is -0.333. The van der Waals surface area contributed by atoms with Crippen molar-refractivity contribution in [3.8, 4) is 0 Å². The average molecular weight is 239 g/mol. The molecule has 0 aromatic carbocycles. The Labute approximate surface area is 99.5 Å². The molecule has 5 nitrogen and oxygen atoms in total. The van der Waals surface area contributed by atoms with Gasteiger partial charge in [0.05, 0.1) is 18.4 Å².